The van der Waals surface area contributed by atoms with Gasteiger partial charge in [-0.25, -0.2) is 13.4 Å². The number of carboxylic acid groups (broad SMARTS) is 1. The van der Waals surface area contributed by atoms with Gasteiger partial charge >= 0.3 is 5.97 Å². The highest BCUT2D eigenvalue weighted by Gasteiger charge is 2.34. The highest BCUT2D eigenvalue weighted by atomic mass is 32.2. The summed E-state index contributed by atoms with van der Waals surface area (Å²) in [4.78, 5) is 31.5. The van der Waals surface area contributed by atoms with Gasteiger partial charge in [0, 0.05) is 38.7 Å². The lowest BCUT2D eigenvalue weighted by atomic mass is 9.87. The van der Waals surface area contributed by atoms with E-state index in [9.17, 15) is 18.9 Å². The van der Waals surface area contributed by atoms with Gasteiger partial charge in [0.1, 0.15) is 5.75 Å². The summed E-state index contributed by atoms with van der Waals surface area (Å²) in [6.07, 6.45) is 0.640. The number of rotatable bonds is 8. The van der Waals surface area contributed by atoms with Crippen LogP contribution in [0.15, 0.2) is 39.9 Å². The van der Waals surface area contributed by atoms with Crippen LogP contribution in [0.25, 0.3) is 11.1 Å². The Hall–Kier alpha value is -3.48. The summed E-state index contributed by atoms with van der Waals surface area (Å²) in [5, 5.41) is 25.1. The molecule has 2 aromatic carbocycles. The molecule has 0 spiro atoms. The summed E-state index contributed by atoms with van der Waals surface area (Å²) in [7, 11) is 0.653. The third-order valence-corrected chi connectivity index (χ3v) is 7.28. The number of hydrogen-bond donors (Lipinski definition) is 3. The second-order valence-corrected chi connectivity index (χ2v) is 10.7. The van der Waals surface area contributed by atoms with Crippen LogP contribution < -0.4 is 9.50 Å². The van der Waals surface area contributed by atoms with Crippen LogP contribution in [-0.4, -0.2) is 76.5 Å². The molecule has 0 radical (unpaired) electrons. The van der Waals surface area contributed by atoms with E-state index in [4.69, 9.17) is 14.1 Å². The largest absolute Gasteiger partial charge is 0.478 e. The Kier molecular flexibility index (Phi) is 7.29. The zero-order valence-corrected chi connectivity index (χ0v) is 21.0. The first-order valence-corrected chi connectivity index (χ1v) is 13.1. The van der Waals surface area contributed by atoms with Crippen LogP contribution in [0.5, 0.6) is 5.75 Å². The maximum atomic E-state index is 12.8. The van der Waals surface area contributed by atoms with Gasteiger partial charge in [0.15, 0.2) is 5.71 Å². The third kappa shape index (κ3) is 5.20. The van der Waals surface area contributed by atoms with Crippen LogP contribution in [0.3, 0.4) is 0 Å². The number of carbonyl (C=O) groups is 2. The highest BCUT2D eigenvalue weighted by molar-refractivity contribution is 7.88. The number of nitrogens with one attached hydrogen (secondary N) is 1. The number of aliphatic hydroxyl groups is 1. The summed E-state index contributed by atoms with van der Waals surface area (Å²) in [5.74, 6) is -1.35. The topological polar surface area (TPSA) is 150 Å². The van der Waals surface area contributed by atoms with E-state index in [-0.39, 0.29) is 12.1 Å². The number of carboxylic acids is 1. The predicted octanol–water partition coefficient (Wildman–Crippen LogP) is 1.87. The first-order valence-electron chi connectivity index (χ1n) is 11.3. The Balaban J connectivity index is 1.78. The number of anilines is 1. The Morgan fingerprint density at radius 1 is 1.25 bits per heavy atom. The standard InChI is InChI=1S/C24H28N4O7S/c1-25-36(3,33)35-15-6-4-14(5-7-15)17-12-18-21(19-13-28(2)10-8-16(17)19)26-23(30)22(18)27-34-20(9-11-29)24(31)32/h4-7,12,20,29H,8-11,13H2,1-3H3,(H,31,32)(H,26,27,30). The fraction of sp³-hybridized carbons (Fsp3) is 0.375. The molecular formula is C24H28N4O7S. The molecule has 1 amide bonds. The van der Waals surface area contributed by atoms with E-state index in [2.05, 4.69) is 19.7 Å². The first kappa shape index (κ1) is 25.6. The van der Waals surface area contributed by atoms with Crippen molar-refractivity contribution in [3.05, 3.63) is 47.0 Å². The number of carbonyl (C=O) groups excluding carboxylic acids is 1. The maximum Gasteiger partial charge on any atom is 0.347 e. The molecule has 0 fully saturated rings. The van der Waals surface area contributed by atoms with Crippen molar-refractivity contribution in [1.29, 1.82) is 0 Å². The van der Waals surface area contributed by atoms with Crippen molar-refractivity contribution in [1.82, 2.24) is 4.90 Å². The van der Waals surface area contributed by atoms with Crippen molar-refractivity contribution >= 4 is 33.3 Å². The second-order valence-electron chi connectivity index (χ2n) is 8.65. The van der Waals surface area contributed by atoms with Crippen LogP contribution in [0, 0.1) is 0 Å². The molecule has 0 aromatic heterocycles. The fourth-order valence-electron chi connectivity index (χ4n) is 4.22. The number of aliphatic hydroxyl groups excluding tert-OH is 1. The smallest absolute Gasteiger partial charge is 0.347 e. The molecule has 192 valence electrons. The summed E-state index contributed by atoms with van der Waals surface area (Å²) in [6.45, 7) is 1.06. The molecule has 0 saturated carbocycles. The highest BCUT2D eigenvalue weighted by Crippen LogP contribution is 2.40. The van der Waals surface area contributed by atoms with E-state index >= 15 is 0 Å². The van der Waals surface area contributed by atoms with E-state index in [1.807, 2.05) is 25.2 Å². The lowest BCUT2D eigenvalue weighted by molar-refractivity contribution is -0.151. The van der Waals surface area contributed by atoms with Gasteiger partial charge < -0.3 is 29.5 Å². The Bertz CT molecular complexity index is 1350. The van der Waals surface area contributed by atoms with Gasteiger partial charge in [-0.3, -0.25) is 4.79 Å². The number of aliphatic carboxylic acids is 1. The molecule has 2 unspecified atom stereocenters. The molecule has 2 aliphatic rings. The van der Waals surface area contributed by atoms with E-state index in [1.165, 1.54) is 13.3 Å². The Morgan fingerprint density at radius 3 is 2.61 bits per heavy atom. The van der Waals surface area contributed by atoms with Gasteiger partial charge in [0.05, 0.1) is 11.9 Å². The van der Waals surface area contributed by atoms with Crippen molar-refractivity contribution < 1.29 is 33.0 Å². The minimum atomic E-state index is -2.78. The second kappa shape index (κ2) is 10.2. The number of nitrogens with zero attached hydrogens (tertiary/aromatic N) is 3. The lowest BCUT2D eigenvalue weighted by Crippen LogP contribution is -2.27. The molecule has 0 saturated heterocycles. The summed E-state index contributed by atoms with van der Waals surface area (Å²) in [5.41, 5.74) is 4.94. The molecule has 2 atom stereocenters. The minimum Gasteiger partial charge on any atom is -0.478 e. The zero-order chi connectivity index (χ0) is 26.0. The molecule has 12 heteroatoms. The van der Waals surface area contributed by atoms with Gasteiger partial charge in [-0.05, 0) is 53.9 Å². The maximum absolute atomic E-state index is 12.8. The quantitative estimate of drug-likeness (QED) is 0.450. The summed E-state index contributed by atoms with van der Waals surface area (Å²) >= 11 is 0. The van der Waals surface area contributed by atoms with Crippen molar-refractivity contribution in [3.8, 4) is 16.9 Å². The summed E-state index contributed by atoms with van der Waals surface area (Å²) in [6, 6.07) is 8.97. The van der Waals surface area contributed by atoms with Crippen LogP contribution >= 0.6 is 0 Å². The van der Waals surface area contributed by atoms with E-state index in [1.54, 1.807) is 12.1 Å². The average molecular weight is 517 g/mol. The van der Waals surface area contributed by atoms with Gasteiger partial charge in [-0.1, -0.05) is 17.3 Å². The van der Waals surface area contributed by atoms with E-state index < -0.39 is 34.6 Å². The van der Waals surface area contributed by atoms with Crippen molar-refractivity contribution in [2.24, 2.45) is 9.52 Å². The van der Waals surface area contributed by atoms with Crippen molar-refractivity contribution in [3.63, 3.8) is 0 Å². The van der Waals surface area contributed by atoms with Crippen LogP contribution in [0.4, 0.5) is 5.69 Å². The number of amides is 1. The Morgan fingerprint density at radius 2 is 1.97 bits per heavy atom. The molecule has 2 heterocycles. The zero-order valence-electron chi connectivity index (χ0n) is 20.2. The first-order chi connectivity index (χ1) is 17.1. The van der Waals surface area contributed by atoms with Gasteiger partial charge in [-0.15, -0.1) is 0 Å². The SMILES string of the molecule is CN=S(C)(=O)Oc1ccc(-c2cc3c(c4c2CCN(C)C4)NC(=O)C3=NOC(CCO)C(=O)O)cc1. The monoisotopic (exact) mass is 516 g/mol. The van der Waals surface area contributed by atoms with Crippen molar-refractivity contribution in [2.75, 3.05) is 38.8 Å². The molecular weight excluding hydrogens is 488 g/mol. The number of benzene rings is 2. The molecule has 4 rings (SSSR count). The molecule has 0 bridgehead atoms. The molecule has 2 aliphatic heterocycles. The third-order valence-electron chi connectivity index (χ3n) is 6.12. The Labute approximate surface area is 209 Å². The van der Waals surface area contributed by atoms with E-state index in [0.717, 1.165) is 35.2 Å². The van der Waals surface area contributed by atoms with Gasteiger partial charge in [0.25, 0.3) is 5.91 Å². The van der Waals surface area contributed by atoms with Crippen LogP contribution in [0.1, 0.15) is 23.1 Å². The number of hydrogen-bond acceptors (Lipinski definition) is 9. The number of likely N-dealkylation sites (N-methyl/N-ethyl adjacent to an activating group) is 1. The molecule has 3 N–H and O–H groups in total. The number of oxime groups is 1. The number of fused-ring (bicyclic) bond motifs is 3. The fourth-order valence-corrected chi connectivity index (χ4v) is 4.77. The molecule has 11 nitrogen and oxygen atoms in total. The summed E-state index contributed by atoms with van der Waals surface area (Å²) < 4.78 is 21.4. The molecule has 2 aromatic rings. The minimum absolute atomic E-state index is 0.0262. The molecule has 0 aliphatic carbocycles. The lowest BCUT2D eigenvalue weighted by Gasteiger charge is -2.29. The predicted molar refractivity (Wildman–Crippen MR) is 134 cm³/mol. The molecule has 36 heavy (non-hydrogen) atoms. The average Bonchev–Trinajstić information content (AvgIpc) is 3.16. The van der Waals surface area contributed by atoms with Gasteiger partial charge in [0.2, 0.25) is 16.1 Å². The van der Waals surface area contributed by atoms with Crippen molar-refractivity contribution in [2.45, 2.75) is 25.5 Å². The normalized spacial score (nSPS) is 18.6. The van der Waals surface area contributed by atoms with Crippen LogP contribution in [0.2, 0.25) is 0 Å². The van der Waals surface area contributed by atoms with E-state index in [0.29, 0.717) is 23.5 Å². The van der Waals surface area contributed by atoms with Gasteiger partial charge in [-0.2, -0.15) is 0 Å². The van der Waals surface area contributed by atoms with Crippen LogP contribution in [-0.2, 0) is 37.4 Å².